The average molecular weight is 734 g/mol. The standard InChI is InChI=1S/C56H47N/c1-37-31-42(38-15-5-2-6-16-38)27-29-51(37)57(53-30-28-43(39-17-7-3-8-18-39)32-49(53)40-19-9-4-10-20-40)52-26-12-11-23-47(52)48-24-13-21-41-22-14-25-50(54(41)48)55-35-45-33-44-34-46(36-55)56(44,45)55/h2-32,37,44-46,51H,33-36H2,1H3. The number of anilines is 2. The van der Waals surface area contributed by atoms with E-state index in [-0.39, 0.29) is 12.0 Å². The highest BCUT2D eigenvalue weighted by atomic mass is 15.2. The van der Waals surface area contributed by atoms with E-state index in [1.54, 1.807) is 5.56 Å². The van der Waals surface area contributed by atoms with Crippen LogP contribution in [0.2, 0.25) is 0 Å². The van der Waals surface area contributed by atoms with Gasteiger partial charge in [-0.05, 0) is 123 Å². The number of allylic oxidation sites excluding steroid dienone is 2. The number of fused-ring (bicyclic) bond motifs is 1. The van der Waals surface area contributed by atoms with Crippen molar-refractivity contribution in [2.24, 2.45) is 29.1 Å². The molecule has 0 heterocycles. The van der Waals surface area contributed by atoms with Crippen molar-refractivity contribution < 1.29 is 0 Å². The molecule has 4 unspecified atom stereocenters. The number of rotatable bonds is 8. The van der Waals surface area contributed by atoms with E-state index >= 15 is 0 Å². The third-order valence-electron chi connectivity index (χ3n) is 15.4. The van der Waals surface area contributed by atoms with Crippen molar-refractivity contribution in [3.8, 4) is 33.4 Å². The highest BCUT2D eigenvalue weighted by Crippen LogP contribution is 2.93. The van der Waals surface area contributed by atoms with Crippen molar-refractivity contribution >= 4 is 27.7 Å². The number of hydrogen-bond donors (Lipinski definition) is 0. The van der Waals surface area contributed by atoms with Crippen LogP contribution in [0, 0.1) is 29.1 Å². The van der Waals surface area contributed by atoms with Crippen molar-refractivity contribution in [3.63, 3.8) is 0 Å². The van der Waals surface area contributed by atoms with Crippen LogP contribution in [-0.4, -0.2) is 6.04 Å². The molecule has 7 aromatic carbocycles. The first kappa shape index (κ1) is 33.2. The Morgan fingerprint density at radius 1 is 0.509 bits per heavy atom. The molecule has 1 spiro atoms. The first-order valence-electron chi connectivity index (χ1n) is 21.3. The molecule has 7 aromatic rings. The van der Waals surface area contributed by atoms with Crippen LogP contribution < -0.4 is 4.90 Å². The lowest BCUT2D eigenvalue weighted by Crippen LogP contribution is -2.87. The van der Waals surface area contributed by atoms with E-state index in [1.807, 2.05) is 0 Å². The molecule has 4 atom stereocenters. The molecule has 5 aliphatic rings. The maximum Gasteiger partial charge on any atom is 0.0586 e. The smallest absolute Gasteiger partial charge is 0.0586 e. The molecule has 0 amide bonds. The molecular weight excluding hydrogens is 687 g/mol. The number of hydrogen-bond acceptors (Lipinski definition) is 1. The van der Waals surface area contributed by atoms with Gasteiger partial charge in [0.1, 0.15) is 0 Å². The summed E-state index contributed by atoms with van der Waals surface area (Å²) in [4.78, 5) is 2.68. The van der Waals surface area contributed by atoms with Gasteiger partial charge in [-0.1, -0.05) is 177 Å². The summed E-state index contributed by atoms with van der Waals surface area (Å²) in [5.74, 6) is 3.13. The third kappa shape index (κ3) is 4.63. The fourth-order valence-corrected chi connectivity index (χ4v) is 13.1. The molecule has 0 aromatic heterocycles. The predicted octanol–water partition coefficient (Wildman–Crippen LogP) is 14.3. The zero-order valence-electron chi connectivity index (χ0n) is 32.6. The predicted molar refractivity (Wildman–Crippen MR) is 238 cm³/mol. The molecule has 0 radical (unpaired) electrons. The molecule has 0 saturated heterocycles. The van der Waals surface area contributed by atoms with Gasteiger partial charge in [0.05, 0.1) is 6.04 Å². The monoisotopic (exact) mass is 733 g/mol. The third-order valence-corrected chi connectivity index (χ3v) is 15.4. The van der Waals surface area contributed by atoms with Crippen LogP contribution in [0.4, 0.5) is 11.4 Å². The van der Waals surface area contributed by atoms with Crippen LogP contribution >= 0.6 is 0 Å². The molecule has 0 bridgehead atoms. The van der Waals surface area contributed by atoms with E-state index in [1.165, 1.54) is 92.3 Å². The summed E-state index contributed by atoms with van der Waals surface area (Å²) in [6.07, 6.45) is 13.0. The second-order valence-electron chi connectivity index (χ2n) is 17.7. The summed E-state index contributed by atoms with van der Waals surface area (Å²) >= 11 is 0. The van der Waals surface area contributed by atoms with Gasteiger partial charge in [-0.2, -0.15) is 0 Å². The summed E-state index contributed by atoms with van der Waals surface area (Å²) in [7, 11) is 0. The van der Waals surface area contributed by atoms with Crippen molar-refractivity contribution in [3.05, 3.63) is 199 Å². The normalized spacial score (nSPS) is 27.5. The molecule has 1 nitrogen and oxygen atoms in total. The van der Waals surface area contributed by atoms with Gasteiger partial charge in [-0.3, -0.25) is 0 Å². The van der Waals surface area contributed by atoms with Crippen LogP contribution in [0.3, 0.4) is 0 Å². The first-order chi connectivity index (χ1) is 28.1. The minimum Gasteiger partial charge on any atom is -0.333 e. The summed E-state index contributed by atoms with van der Waals surface area (Å²) in [5, 5.41) is 2.86. The zero-order chi connectivity index (χ0) is 37.7. The number of benzene rings is 7. The lowest BCUT2D eigenvalue weighted by Gasteiger charge is -2.91. The van der Waals surface area contributed by atoms with Gasteiger partial charge in [0.2, 0.25) is 0 Å². The molecule has 1 heteroatoms. The van der Waals surface area contributed by atoms with Gasteiger partial charge in [0.25, 0.3) is 0 Å². The number of para-hydroxylation sites is 1. The van der Waals surface area contributed by atoms with E-state index in [2.05, 4.69) is 200 Å². The molecule has 57 heavy (non-hydrogen) atoms. The molecule has 0 aliphatic heterocycles. The van der Waals surface area contributed by atoms with Crippen molar-refractivity contribution in [1.29, 1.82) is 0 Å². The molecule has 276 valence electrons. The Hall–Kier alpha value is -5.92. The summed E-state index contributed by atoms with van der Waals surface area (Å²) in [6.45, 7) is 2.40. The molecular formula is C56H47N. The quantitative estimate of drug-likeness (QED) is 0.150. The Bertz CT molecular complexity index is 2710. The second-order valence-corrected chi connectivity index (χ2v) is 17.7. The second kappa shape index (κ2) is 12.5. The van der Waals surface area contributed by atoms with Crippen LogP contribution in [0.1, 0.15) is 43.7 Å². The van der Waals surface area contributed by atoms with Gasteiger partial charge in [-0.25, -0.2) is 0 Å². The lowest BCUT2D eigenvalue weighted by molar-refractivity contribution is -0.394. The van der Waals surface area contributed by atoms with Gasteiger partial charge in [0, 0.05) is 27.9 Å². The SMILES string of the molecule is CC1C=C(c2ccccc2)C=CC1N(c1ccc(-c2ccccc2)cc1-c1ccccc1)c1ccccc1-c1cccc2cccc(C34CC5CC6CC(C3)C654)c12. The number of nitrogens with zero attached hydrogens (tertiary/aromatic N) is 1. The van der Waals surface area contributed by atoms with E-state index in [4.69, 9.17) is 0 Å². The van der Waals surface area contributed by atoms with Gasteiger partial charge in [0.15, 0.2) is 0 Å². The Morgan fingerprint density at radius 3 is 1.81 bits per heavy atom. The lowest BCUT2D eigenvalue weighted by atomic mass is 9.12. The minimum atomic E-state index is 0.0843. The Labute approximate surface area is 337 Å². The maximum atomic E-state index is 2.68. The van der Waals surface area contributed by atoms with E-state index in [0.29, 0.717) is 10.8 Å². The molecule has 4 fully saturated rings. The fourth-order valence-electron chi connectivity index (χ4n) is 13.1. The van der Waals surface area contributed by atoms with Crippen molar-refractivity contribution in [2.45, 2.75) is 44.1 Å². The van der Waals surface area contributed by atoms with Crippen LogP contribution in [-0.2, 0) is 5.41 Å². The largest absolute Gasteiger partial charge is 0.333 e. The van der Waals surface area contributed by atoms with Crippen LogP contribution in [0.25, 0.3) is 49.7 Å². The first-order valence-corrected chi connectivity index (χ1v) is 21.3. The highest BCUT2D eigenvalue weighted by Gasteiger charge is 2.87. The van der Waals surface area contributed by atoms with Gasteiger partial charge in [-0.15, -0.1) is 0 Å². The molecule has 12 rings (SSSR count). The van der Waals surface area contributed by atoms with E-state index in [9.17, 15) is 0 Å². The minimum absolute atomic E-state index is 0.0843. The van der Waals surface area contributed by atoms with Crippen LogP contribution in [0.15, 0.2) is 188 Å². The topological polar surface area (TPSA) is 3.24 Å². The average Bonchev–Trinajstić information content (AvgIpc) is 3.24. The molecule has 4 saturated carbocycles. The zero-order valence-corrected chi connectivity index (χ0v) is 32.6. The highest BCUT2D eigenvalue weighted by molar-refractivity contribution is 6.04. The Kier molecular flexibility index (Phi) is 7.31. The van der Waals surface area contributed by atoms with Crippen molar-refractivity contribution in [2.75, 3.05) is 4.90 Å². The van der Waals surface area contributed by atoms with Crippen molar-refractivity contribution in [1.82, 2.24) is 0 Å². The summed E-state index contributed by atoms with van der Waals surface area (Å²) in [5.41, 5.74) is 15.2. The summed E-state index contributed by atoms with van der Waals surface area (Å²) in [6, 6.07) is 63.5. The van der Waals surface area contributed by atoms with Gasteiger partial charge >= 0.3 is 0 Å². The fraction of sp³-hybridized carbons (Fsp3) is 0.214. The summed E-state index contributed by atoms with van der Waals surface area (Å²) < 4.78 is 0. The van der Waals surface area contributed by atoms with Gasteiger partial charge < -0.3 is 4.90 Å². The Morgan fingerprint density at radius 2 is 1.12 bits per heavy atom. The molecule has 5 aliphatic carbocycles. The molecule has 0 N–H and O–H groups in total. The van der Waals surface area contributed by atoms with E-state index in [0.717, 1.165) is 17.8 Å². The van der Waals surface area contributed by atoms with E-state index < -0.39 is 0 Å². The maximum absolute atomic E-state index is 2.68. The Balaban J connectivity index is 1.07. The van der Waals surface area contributed by atoms with Crippen LogP contribution in [0.5, 0.6) is 0 Å².